The van der Waals surface area contributed by atoms with Crippen molar-refractivity contribution >= 4 is 5.97 Å². The molecule has 3 aromatic rings. The van der Waals surface area contributed by atoms with Gasteiger partial charge in [0.25, 0.3) is 0 Å². The van der Waals surface area contributed by atoms with Crippen LogP contribution in [-0.2, 0) is 24.4 Å². The third kappa shape index (κ3) is 3.83. The van der Waals surface area contributed by atoms with Crippen LogP contribution in [0.15, 0.2) is 55.0 Å². The van der Waals surface area contributed by atoms with Crippen molar-refractivity contribution in [2.45, 2.75) is 25.6 Å². The van der Waals surface area contributed by atoms with Gasteiger partial charge < -0.3 is 14.8 Å². The van der Waals surface area contributed by atoms with E-state index in [-0.39, 0.29) is 0 Å². The van der Waals surface area contributed by atoms with E-state index in [0.29, 0.717) is 25.4 Å². The largest absolute Gasteiger partial charge is 0.487 e. The van der Waals surface area contributed by atoms with Gasteiger partial charge in [0.1, 0.15) is 12.4 Å². The van der Waals surface area contributed by atoms with Gasteiger partial charge in [-0.2, -0.15) is 0 Å². The van der Waals surface area contributed by atoms with Crippen LogP contribution in [-0.4, -0.2) is 37.5 Å². The highest BCUT2D eigenvalue weighted by molar-refractivity contribution is 5.75. The third-order valence-corrected chi connectivity index (χ3v) is 4.68. The van der Waals surface area contributed by atoms with E-state index in [4.69, 9.17) is 4.74 Å². The van der Waals surface area contributed by atoms with Crippen molar-refractivity contribution in [2.75, 3.05) is 6.54 Å². The number of ether oxygens (including phenoxy) is 1. The number of hydrogen-bond donors (Lipinski definition) is 2. The fourth-order valence-electron chi connectivity index (χ4n) is 3.33. The Hall–Kier alpha value is -3.19. The van der Waals surface area contributed by atoms with Gasteiger partial charge in [0.15, 0.2) is 6.04 Å². The normalized spacial score (nSPS) is 16.7. The number of rotatable bonds is 6. The number of carboxylic acids is 1. The van der Waals surface area contributed by atoms with Crippen molar-refractivity contribution in [2.24, 2.45) is 0 Å². The van der Waals surface area contributed by atoms with Crippen LogP contribution in [0.1, 0.15) is 28.7 Å². The van der Waals surface area contributed by atoms with Crippen LogP contribution in [0.2, 0.25) is 0 Å². The molecule has 7 heteroatoms. The molecule has 1 aromatic carbocycles. The maximum Gasteiger partial charge on any atom is 0.327 e. The molecule has 0 aliphatic carbocycles. The highest BCUT2D eigenvalue weighted by atomic mass is 16.5. The zero-order valence-electron chi connectivity index (χ0n) is 14.7. The summed E-state index contributed by atoms with van der Waals surface area (Å²) in [6.45, 7) is 1.63. The molecule has 1 aliphatic rings. The first kappa shape index (κ1) is 17.2. The number of aromatic nitrogens is 3. The number of pyridine rings is 1. The number of benzene rings is 1. The number of nitrogens with one attached hydrogen (secondary N) is 1. The van der Waals surface area contributed by atoms with Crippen molar-refractivity contribution < 1.29 is 14.6 Å². The fraction of sp³-hybridized carbons (Fsp3) is 0.250. The van der Waals surface area contributed by atoms with Gasteiger partial charge in [0.2, 0.25) is 0 Å². The number of hydrogen-bond acceptors (Lipinski definition) is 5. The summed E-state index contributed by atoms with van der Waals surface area (Å²) in [7, 11) is 0. The van der Waals surface area contributed by atoms with E-state index < -0.39 is 12.0 Å². The SMILES string of the molecule is O=C(O)[C@H]1c2nc[nH]c2CCN1Cc1ccc(OCc2ccccn2)cc1. The molecule has 0 bridgehead atoms. The minimum absolute atomic E-state index is 0.412. The molecule has 138 valence electrons. The minimum Gasteiger partial charge on any atom is -0.487 e. The first-order valence-corrected chi connectivity index (χ1v) is 8.81. The van der Waals surface area contributed by atoms with Gasteiger partial charge in [-0.25, -0.2) is 4.98 Å². The second-order valence-electron chi connectivity index (χ2n) is 6.48. The molecular weight excluding hydrogens is 344 g/mol. The molecule has 0 fully saturated rings. The van der Waals surface area contributed by atoms with E-state index in [1.165, 1.54) is 0 Å². The minimum atomic E-state index is -0.877. The van der Waals surface area contributed by atoms with Crippen molar-refractivity contribution in [1.29, 1.82) is 0 Å². The van der Waals surface area contributed by atoms with E-state index in [2.05, 4.69) is 15.0 Å². The van der Waals surface area contributed by atoms with Gasteiger partial charge in [-0.15, -0.1) is 0 Å². The van der Waals surface area contributed by atoms with E-state index >= 15 is 0 Å². The van der Waals surface area contributed by atoms with Crippen molar-refractivity contribution in [1.82, 2.24) is 19.9 Å². The van der Waals surface area contributed by atoms with E-state index in [9.17, 15) is 9.90 Å². The van der Waals surface area contributed by atoms with Gasteiger partial charge >= 0.3 is 5.97 Å². The van der Waals surface area contributed by atoms with Crippen LogP contribution in [0.25, 0.3) is 0 Å². The average Bonchev–Trinajstić information content (AvgIpc) is 3.16. The Morgan fingerprint density at radius 1 is 1.22 bits per heavy atom. The van der Waals surface area contributed by atoms with E-state index in [1.54, 1.807) is 12.5 Å². The van der Waals surface area contributed by atoms with Crippen LogP contribution in [0.5, 0.6) is 5.75 Å². The van der Waals surface area contributed by atoms with Crippen molar-refractivity contribution in [3.05, 3.63) is 77.6 Å². The molecule has 27 heavy (non-hydrogen) atoms. The number of carbonyl (C=O) groups is 1. The van der Waals surface area contributed by atoms with E-state index in [0.717, 1.165) is 29.1 Å². The zero-order chi connectivity index (χ0) is 18.6. The summed E-state index contributed by atoms with van der Waals surface area (Å²) in [5.74, 6) is -0.120. The Morgan fingerprint density at radius 2 is 2.07 bits per heavy atom. The Kier molecular flexibility index (Phi) is 4.84. The van der Waals surface area contributed by atoms with Gasteiger partial charge in [0, 0.05) is 31.4 Å². The molecule has 1 atom stereocenters. The Balaban J connectivity index is 1.41. The highest BCUT2D eigenvalue weighted by Crippen LogP contribution is 2.29. The predicted octanol–water partition coefficient (Wildman–Crippen LogP) is 2.57. The lowest BCUT2D eigenvalue weighted by molar-refractivity contribution is -0.144. The van der Waals surface area contributed by atoms with Gasteiger partial charge in [0.05, 0.1) is 17.7 Å². The van der Waals surface area contributed by atoms with Gasteiger partial charge in [-0.3, -0.25) is 14.7 Å². The van der Waals surface area contributed by atoms with Crippen LogP contribution < -0.4 is 4.74 Å². The van der Waals surface area contributed by atoms with Gasteiger partial charge in [-0.1, -0.05) is 18.2 Å². The summed E-state index contributed by atoms with van der Waals surface area (Å²) in [5, 5.41) is 9.65. The molecule has 0 spiro atoms. The number of imidazole rings is 1. The number of H-pyrrole nitrogens is 1. The second-order valence-corrected chi connectivity index (χ2v) is 6.48. The topological polar surface area (TPSA) is 91.3 Å². The molecule has 0 saturated carbocycles. The summed E-state index contributed by atoms with van der Waals surface area (Å²) < 4.78 is 5.75. The summed E-state index contributed by atoms with van der Waals surface area (Å²) in [5.41, 5.74) is 3.43. The lowest BCUT2D eigenvalue weighted by Crippen LogP contribution is -2.39. The van der Waals surface area contributed by atoms with Crippen LogP contribution >= 0.6 is 0 Å². The summed E-state index contributed by atoms with van der Waals surface area (Å²) >= 11 is 0. The zero-order valence-corrected chi connectivity index (χ0v) is 14.7. The first-order chi connectivity index (χ1) is 13.2. The van der Waals surface area contributed by atoms with Crippen LogP contribution in [0.4, 0.5) is 0 Å². The number of aromatic amines is 1. The highest BCUT2D eigenvalue weighted by Gasteiger charge is 2.34. The van der Waals surface area contributed by atoms with Crippen molar-refractivity contribution in [3.63, 3.8) is 0 Å². The monoisotopic (exact) mass is 364 g/mol. The Bertz CT molecular complexity index is 908. The molecular formula is C20H20N4O3. The number of carboxylic acid groups (broad SMARTS) is 1. The smallest absolute Gasteiger partial charge is 0.327 e. The standard InChI is InChI=1S/C20H20N4O3/c25-20(26)19-18-17(22-13-23-18)8-10-24(19)11-14-4-6-16(7-5-14)27-12-15-3-1-2-9-21-15/h1-7,9,13,19H,8,10-12H2,(H,22,23)(H,25,26)/t19-/m1/s1. The number of nitrogens with zero attached hydrogens (tertiary/aromatic N) is 3. The van der Waals surface area contributed by atoms with Gasteiger partial charge in [-0.05, 0) is 29.8 Å². The maximum absolute atomic E-state index is 11.8. The number of aliphatic carboxylic acids is 1. The molecule has 0 amide bonds. The Labute approximate surface area is 156 Å². The molecule has 2 N–H and O–H groups in total. The number of fused-ring (bicyclic) bond motifs is 1. The van der Waals surface area contributed by atoms with Crippen LogP contribution in [0, 0.1) is 0 Å². The summed E-state index contributed by atoms with van der Waals surface area (Å²) in [6.07, 6.45) is 4.08. The second kappa shape index (κ2) is 7.59. The summed E-state index contributed by atoms with van der Waals surface area (Å²) in [6, 6.07) is 12.7. The van der Waals surface area contributed by atoms with Crippen LogP contribution in [0.3, 0.4) is 0 Å². The summed E-state index contributed by atoms with van der Waals surface area (Å²) in [4.78, 5) is 25.2. The first-order valence-electron chi connectivity index (χ1n) is 8.81. The Morgan fingerprint density at radius 3 is 2.81 bits per heavy atom. The molecule has 7 nitrogen and oxygen atoms in total. The molecule has 2 aromatic heterocycles. The third-order valence-electron chi connectivity index (χ3n) is 4.68. The molecule has 0 saturated heterocycles. The lowest BCUT2D eigenvalue weighted by atomic mass is 10.0. The molecule has 4 rings (SSSR count). The average molecular weight is 364 g/mol. The maximum atomic E-state index is 11.8. The van der Waals surface area contributed by atoms with Crippen molar-refractivity contribution in [3.8, 4) is 5.75 Å². The molecule has 3 heterocycles. The molecule has 0 radical (unpaired) electrons. The van der Waals surface area contributed by atoms with E-state index in [1.807, 2.05) is 47.4 Å². The molecule has 0 unspecified atom stereocenters. The molecule has 1 aliphatic heterocycles. The lowest BCUT2D eigenvalue weighted by Gasteiger charge is -2.32. The predicted molar refractivity (Wildman–Crippen MR) is 98.1 cm³/mol. The quantitative estimate of drug-likeness (QED) is 0.698. The fourth-order valence-corrected chi connectivity index (χ4v) is 3.33.